The van der Waals surface area contributed by atoms with Crippen molar-refractivity contribution in [2.75, 3.05) is 5.32 Å². The summed E-state index contributed by atoms with van der Waals surface area (Å²) in [5.41, 5.74) is 2.61. The molecule has 4 aromatic rings. The third-order valence-corrected chi connectivity index (χ3v) is 4.99. The second-order valence-electron chi connectivity index (χ2n) is 6.07. The van der Waals surface area contributed by atoms with Crippen molar-refractivity contribution in [3.63, 3.8) is 0 Å². The average molecular weight is 470 g/mol. The van der Waals surface area contributed by atoms with E-state index in [0.29, 0.717) is 22.7 Å². The fraction of sp³-hybridized carbons (Fsp3) is 0. The summed E-state index contributed by atoms with van der Waals surface area (Å²) in [6.07, 6.45) is 0. The quantitative estimate of drug-likeness (QED) is 0.386. The highest BCUT2D eigenvalue weighted by molar-refractivity contribution is 9.10. The SMILES string of the molecule is O=C(NC(=S)Nc1ccc2oc(-c3ccccc3Br)nc2c1)c1ccccc1F. The lowest BCUT2D eigenvalue weighted by Gasteiger charge is -2.09. The first kappa shape index (κ1) is 19.2. The van der Waals surface area contributed by atoms with Crippen LogP contribution in [0, 0.1) is 5.82 Å². The normalized spacial score (nSPS) is 10.7. The molecule has 0 aliphatic rings. The number of nitrogens with one attached hydrogen (secondary N) is 2. The maximum absolute atomic E-state index is 13.7. The van der Waals surface area contributed by atoms with Crippen molar-refractivity contribution in [3.05, 3.63) is 82.6 Å². The van der Waals surface area contributed by atoms with Crippen LogP contribution in [0.3, 0.4) is 0 Å². The first-order chi connectivity index (χ1) is 14.0. The molecule has 1 amide bonds. The molecule has 29 heavy (non-hydrogen) atoms. The Hall–Kier alpha value is -3.10. The van der Waals surface area contributed by atoms with Gasteiger partial charge in [0, 0.05) is 10.2 Å². The lowest BCUT2D eigenvalue weighted by atomic mass is 10.2. The molecule has 3 aromatic carbocycles. The van der Waals surface area contributed by atoms with Gasteiger partial charge in [-0.05, 0) is 70.6 Å². The minimum atomic E-state index is -0.626. The number of oxazole rings is 1. The zero-order valence-corrected chi connectivity index (χ0v) is 17.2. The average Bonchev–Trinajstić information content (AvgIpc) is 3.11. The number of hydrogen-bond acceptors (Lipinski definition) is 4. The highest BCUT2D eigenvalue weighted by Crippen LogP contribution is 2.30. The number of rotatable bonds is 3. The van der Waals surface area contributed by atoms with Crippen LogP contribution in [0.25, 0.3) is 22.6 Å². The molecular formula is C21H13BrFN3O2S. The first-order valence-corrected chi connectivity index (χ1v) is 9.74. The predicted octanol–water partition coefficient (Wildman–Crippen LogP) is 5.52. The fourth-order valence-corrected chi connectivity index (χ4v) is 3.40. The number of hydrogen-bond donors (Lipinski definition) is 2. The molecule has 0 aliphatic carbocycles. The number of carbonyl (C=O) groups is 1. The third kappa shape index (κ3) is 4.18. The van der Waals surface area contributed by atoms with Crippen molar-refractivity contribution in [3.8, 4) is 11.5 Å². The molecule has 0 radical (unpaired) electrons. The molecule has 1 aromatic heterocycles. The number of halogens is 2. The molecule has 8 heteroatoms. The molecule has 2 N–H and O–H groups in total. The molecule has 144 valence electrons. The Morgan fingerprint density at radius 2 is 1.83 bits per heavy atom. The minimum absolute atomic E-state index is 0.0483. The van der Waals surface area contributed by atoms with Gasteiger partial charge in [-0.3, -0.25) is 10.1 Å². The second-order valence-corrected chi connectivity index (χ2v) is 7.33. The summed E-state index contributed by atoms with van der Waals surface area (Å²) in [4.78, 5) is 16.7. The van der Waals surface area contributed by atoms with Crippen LogP contribution in [0.2, 0.25) is 0 Å². The van der Waals surface area contributed by atoms with E-state index in [1.807, 2.05) is 24.3 Å². The largest absolute Gasteiger partial charge is 0.436 e. The van der Waals surface area contributed by atoms with Crippen LogP contribution in [-0.2, 0) is 0 Å². The lowest BCUT2D eigenvalue weighted by molar-refractivity contribution is 0.0974. The van der Waals surface area contributed by atoms with Gasteiger partial charge in [0.1, 0.15) is 11.3 Å². The van der Waals surface area contributed by atoms with Gasteiger partial charge in [-0.1, -0.05) is 24.3 Å². The summed E-state index contributed by atoms with van der Waals surface area (Å²) in [7, 11) is 0. The summed E-state index contributed by atoms with van der Waals surface area (Å²) >= 11 is 8.65. The van der Waals surface area contributed by atoms with Crippen LogP contribution in [0.5, 0.6) is 0 Å². The van der Waals surface area contributed by atoms with E-state index in [-0.39, 0.29) is 10.7 Å². The van der Waals surface area contributed by atoms with E-state index in [9.17, 15) is 9.18 Å². The second kappa shape index (κ2) is 8.10. The Bertz CT molecular complexity index is 1240. The summed E-state index contributed by atoms with van der Waals surface area (Å²) in [6.45, 7) is 0. The van der Waals surface area contributed by atoms with Crippen molar-refractivity contribution in [1.82, 2.24) is 10.3 Å². The molecule has 0 fully saturated rings. The van der Waals surface area contributed by atoms with Gasteiger partial charge in [-0.15, -0.1) is 0 Å². The van der Waals surface area contributed by atoms with E-state index < -0.39 is 11.7 Å². The monoisotopic (exact) mass is 469 g/mol. The number of thiocarbonyl (C=S) groups is 1. The Balaban J connectivity index is 1.51. The van der Waals surface area contributed by atoms with Gasteiger partial charge in [-0.2, -0.15) is 0 Å². The molecule has 0 atom stereocenters. The molecule has 4 rings (SSSR count). The number of fused-ring (bicyclic) bond motifs is 1. The van der Waals surface area contributed by atoms with Crippen molar-refractivity contribution < 1.29 is 13.6 Å². The van der Waals surface area contributed by atoms with Crippen molar-refractivity contribution in [1.29, 1.82) is 0 Å². The topological polar surface area (TPSA) is 67.2 Å². The highest BCUT2D eigenvalue weighted by Gasteiger charge is 2.14. The maximum atomic E-state index is 13.7. The smallest absolute Gasteiger partial charge is 0.260 e. The molecular weight excluding hydrogens is 457 g/mol. The van der Waals surface area contributed by atoms with Gasteiger partial charge in [-0.25, -0.2) is 9.37 Å². The van der Waals surface area contributed by atoms with E-state index in [2.05, 4.69) is 31.5 Å². The van der Waals surface area contributed by atoms with Gasteiger partial charge in [0.15, 0.2) is 10.7 Å². The molecule has 0 bridgehead atoms. The van der Waals surface area contributed by atoms with Gasteiger partial charge < -0.3 is 9.73 Å². The van der Waals surface area contributed by atoms with Crippen LogP contribution in [0.4, 0.5) is 10.1 Å². The lowest BCUT2D eigenvalue weighted by Crippen LogP contribution is -2.34. The van der Waals surface area contributed by atoms with Gasteiger partial charge in [0.25, 0.3) is 5.91 Å². The molecule has 0 aliphatic heterocycles. The predicted molar refractivity (Wildman–Crippen MR) is 117 cm³/mol. The van der Waals surface area contributed by atoms with Crippen LogP contribution in [0.1, 0.15) is 10.4 Å². The number of carbonyl (C=O) groups excluding carboxylic acids is 1. The standard InChI is InChI=1S/C21H13BrFN3O2S/c22-15-7-3-1-5-13(15)20-25-17-11-12(9-10-18(17)28-20)24-21(29)26-19(27)14-6-2-4-8-16(14)23/h1-11H,(H2,24,26,27,29). The molecule has 0 spiro atoms. The Labute approximate surface area is 179 Å². The minimum Gasteiger partial charge on any atom is -0.436 e. The Morgan fingerprint density at radius 3 is 2.62 bits per heavy atom. The molecule has 0 saturated heterocycles. The number of amides is 1. The van der Waals surface area contributed by atoms with E-state index in [1.54, 1.807) is 24.3 Å². The van der Waals surface area contributed by atoms with E-state index >= 15 is 0 Å². The Morgan fingerprint density at radius 1 is 1.07 bits per heavy atom. The van der Waals surface area contributed by atoms with E-state index in [0.717, 1.165) is 10.0 Å². The summed E-state index contributed by atoms with van der Waals surface area (Å²) in [5.74, 6) is -0.754. The van der Waals surface area contributed by atoms with Crippen LogP contribution in [0.15, 0.2) is 75.6 Å². The van der Waals surface area contributed by atoms with Crippen molar-refractivity contribution >= 4 is 56.0 Å². The summed E-state index contributed by atoms with van der Waals surface area (Å²) < 4.78 is 20.4. The van der Waals surface area contributed by atoms with Crippen LogP contribution >= 0.6 is 28.1 Å². The fourth-order valence-electron chi connectivity index (χ4n) is 2.73. The number of benzene rings is 3. The highest BCUT2D eigenvalue weighted by atomic mass is 79.9. The number of anilines is 1. The summed E-state index contributed by atoms with van der Waals surface area (Å²) in [5, 5.41) is 5.41. The first-order valence-electron chi connectivity index (χ1n) is 8.53. The molecule has 0 saturated carbocycles. The zero-order valence-electron chi connectivity index (χ0n) is 14.8. The zero-order chi connectivity index (χ0) is 20.4. The number of aromatic nitrogens is 1. The van der Waals surface area contributed by atoms with Crippen molar-refractivity contribution in [2.24, 2.45) is 0 Å². The van der Waals surface area contributed by atoms with Crippen LogP contribution < -0.4 is 10.6 Å². The molecule has 0 unspecified atom stereocenters. The maximum Gasteiger partial charge on any atom is 0.260 e. The Kier molecular flexibility index (Phi) is 5.37. The molecule has 5 nitrogen and oxygen atoms in total. The van der Waals surface area contributed by atoms with E-state index in [4.69, 9.17) is 16.6 Å². The third-order valence-electron chi connectivity index (χ3n) is 4.10. The van der Waals surface area contributed by atoms with Gasteiger partial charge >= 0.3 is 0 Å². The van der Waals surface area contributed by atoms with Gasteiger partial charge in [0.2, 0.25) is 5.89 Å². The van der Waals surface area contributed by atoms with Crippen LogP contribution in [-0.4, -0.2) is 16.0 Å². The van der Waals surface area contributed by atoms with Gasteiger partial charge in [0.05, 0.1) is 11.1 Å². The number of nitrogens with zero attached hydrogens (tertiary/aromatic N) is 1. The molecule has 1 heterocycles. The van der Waals surface area contributed by atoms with E-state index in [1.165, 1.54) is 18.2 Å². The summed E-state index contributed by atoms with van der Waals surface area (Å²) in [6, 6.07) is 18.6. The van der Waals surface area contributed by atoms with Crippen molar-refractivity contribution in [2.45, 2.75) is 0 Å².